The molecule has 1 aromatic heterocycles. The van der Waals surface area contributed by atoms with E-state index >= 15 is 0 Å². The Bertz CT molecular complexity index is 1020. The molecule has 27 heavy (non-hydrogen) atoms. The molecule has 0 aliphatic heterocycles. The maximum absolute atomic E-state index is 13.0. The van der Waals surface area contributed by atoms with Gasteiger partial charge in [-0.3, -0.25) is 4.79 Å². The van der Waals surface area contributed by atoms with Crippen LogP contribution in [0.25, 0.3) is 11.0 Å². The van der Waals surface area contributed by atoms with Crippen molar-refractivity contribution in [1.29, 1.82) is 0 Å². The number of nitrogens with one attached hydrogen (secondary N) is 1. The van der Waals surface area contributed by atoms with E-state index in [9.17, 15) is 14.0 Å². The highest BCUT2D eigenvalue weighted by Crippen LogP contribution is 2.24. The molecule has 0 saturated carbocycles. The standard InChI is InChI=1S/C20H17BrFNO3S/c1-12(13-2-5-16(22)6-3-13)23-19(24)11-27-10-14-8-20(25)26-18-9-15(21)4-7-17(14)18/h2-9,12H,10-11H2,1H3,(H,23,24)/t12-/m1/s1. The van der Waals surface area contributed by atoms with Gasteiger partial charge in [-0.05, 0) is 48.4 Å². The predicted molar refractivity (Wildman–Crippen MR) is 109 cm³/mol. The van der Waals surface area contributed by atoms with Crippen LogP contribution in [0.1, 0.15) is 24.1 Å². The van der Waals surface area contributed by atoms with E-state index in [1.807, 2.05) is 19.1 Å². The molecule has 4 nitrogen and oxygen atoms in total. The number of amides is 1. The summed E-state index contributed by atoms with van der Waals surface area (Å²) >= 11 is 4.78. The number of halogens is 2. The Hall–Kier alpha value is -2.12. The van der Waals surface area contributed by atoms with Crippen molar-refractivity contribution in [2.45, 2.75) is 18.7 Å². The van der Waals surface area contributed by atoms with Gasteiger partial charge in [-0.15, -0.1) is 11.8 Å². The fourth-order valence-corrected chi connectivity index (χ4v) is 3.86. The van der Waals surface area contributed by atoms with Gasteiger partial charge in [0.1, 0.15) is 11.4 Å². The molecule has 0 radical (unpaired) electrons. The number of hydrogen-bond donors (Lipinski definition) is 1. The van der Waals surface area contributed by atoms with Crippen LogP contribution >= 0.6 is 27.7 Å². The molecule has 3 rings (SSSR count). The summed E-state index contributed by atoms with van der Waals surface area (Å²) in [6.07, 6.45) is 0. The summed E-state index contributed by atoms with van der Waals surface area (Å²) in [5.41, 5.74) is 1.78. The van der Waals surface area contributed by atoms with Gasteiger partial charge in [-0.25, -0.2) is 9.18 Å². The Morgan fingerprint density at radius 1 is 1.22 bits per heavy atom. The maximum Gasteiger partial charge on any atom is 0.336 e. The minimum Gasteiger partial charge on any atom is -0.423 e. The third kappa shape index (κ3) is 5.20. The van der Waals surface area contributed by atoms with E-state index in [-0.39, 0.29) is 23.5 Å². The van der Waals surface area contributed by atoms with Crippen molar-refractivity contribution in [2.75, 3.05) is 5.75 Å². The fourth-order valence-electron chi connectivity index (χ4n) is 2.69. The third-order valence-corrected chi connectivity index (χ3v) is 5.51. The molecule has 0 aliphatic carbocycles. The Morgan fingerprint density at radius 3 is 2.70 bits per heavy atom. The first-order valence-electron chi connectivity index (χ1n) is 8.27. The van der Waals surface area contributed by atoms with Crippen molar-refractivity contribution in [3.05, 3.63) is 80.4 Å². The van der Waals surface area contributed by atoms with Gasteiger partial charge in [0.2, 0.25) is 5.91 Å². The summed E-state index contributed by atoms with van der Waals surface area (Å²) in [5, 5.41) is 3.74. The first-order valence-corrected chi connectivity index (χ1v) is 10.2. The molecule has 3 aromatic rings. The number of thioether (sulfide) groups is 1. The maximum atomic E-state index is 13.0. The fraction of sp³-hybridized carbons (Fsp3) is 0.200. The lowest BCUT2D eigenvalue weighted by Gasteiger charge is -2.14. The van der Waals surface area contributed by atoms with E-state index < -0.39 is 5.63 Å². The number of carbonyl (C=O) groups excluding carboxylic acids is 1. The van der Waals surface area contributed by atoms with Crippen molar-refractivity contribution in [1.82, 2.24) is 5.32 Å². The molecule has 0 aliphatic rings. The molecule has 0 unspecified atom stereocenters. The molecule has 7 heteroatoms. The zero-order valence-corrected chi connectivity index (χ0v) is 16.9. The summed E-state index contributed by atoms with van der Waals surface area (Å²) in [6, 6.07) is 12.8. The smallest absolute Gasteiger partial charge is 0.336 e. The van der Waals surface area contributed by atoms with Crippen molar-refractivity contribution in [2.24, 2.45) is 0 Å². The molecule has 0 bridgehead atoms. The number of hydrogen-bond acceptors (Lipinski definition) is 4. The minimum atomic E-state index is -0.411. The normalized spacial score (nSPS) is 12.1. The lowest BCUT2D eigenvalue weighted by Crippen LogP contribution is -2.28. The predicted octanol–water partition coefficient (Wildman–Crippen LogP) is 4.81. The zero-order chi connectivity index (χ0) is 19.4. The Balaban J connectivity index is 1.59. The Morgan fingerprint density at radius 2 is 1.96 bits per heavy atom. The van der Waals surface area contributed by atoms with Gasteiger partial charge in [0.05, 0.1) is 11.8 Å². The van der Waals surface area contributed by atoms with E-state index in [4.69, 9.17) is 4.42 Å². The molecule has 2 aromatic carbocycles. The molecule has 0 fully saturated rings. The van der Waals surface area contributed by atoms with Gasteiger partial charge in [-0.1, -0.05) is 28.1 Å². The van der Waals surface area contributed by atoms with Crippen LogP contribution in [0.2, 0.25) is 0 Å². The zero-order valence-electron chi connectivity index (χ0n) is 14.5. The summed E-state index contributed by atoms with van der Waals surface area (Å²) in [4.78, 5) is 23.9. The van der Waals surface area contributed by atoms with Crippen LogP contribution < -0.4 is 10.9 Å². The molecule has 0 saturated heterocycles. The van der Waals surface area contributed by atoms with Gasteiger partial charge in [0.15, 0.2) is 0 Å². The Kier molecular flexibility index (Phi) is 6.34. The molecule has 0 spiro atoms. The average molecular weight is 450 g/mol. The van der Waals surface area contributed by atoms with Crippen molar-refractivity contribution >= 4 is 44.6 Å². The number of benzene rings is 2. The van der Waals surface area contributed by atoms with Crippen LogP contribution in [0.15, 0.2) is 62.2 Å². The van der Waals surface area contributed by atoms with Gasteiger partial charge in [-0.2, -0.15) is 0 Å². The summed E-state index contributed by atoms with van der Waals surface area (Å²) in [7, 11) is 0. The van der Waals surface area contributed by atoms with Crippen molar-refractivity contribution in [3.8, 4) is 0 Å². The van der Waals surface area contributed by atoms with Crippen LogP contribution in [0.5, 0.6) is 0 Å². The van der Waals surface area contributed by atoms with Gasteiger partial charge in [0.25, 0.3) is 0 Å². The summed E-state index contributed by atoms with van der Waals surface area (Å²) in [6.45, 7) is 1.85. The van der Waals surface area contributed by atoms with Crippen LogP contribution in [0.3, 0.4) is 0 Å². The van der Waals surface area contributed by atoms with E-state index in [0.717, 1.165) is 21.0 Å². The SMILES string of the molecule is C[C@@H](NC(=O)CSCc1cc(=O)oc2cc(Br)ccc12)c1ccc(F)cc1. The third-order valence-electron chi connectivity index (χ3n) is 4.03. The van der Waals surface area contributed by atoms with Crippen LogP contribution in [-0.2, 0) is 10.5 Å². The van der Waals surface area contributed by atoms with E-state index in [0.29, 0.717) is 11.3 Å². The molecule has 1 atom stereocenters. The largest absolute Gasteiger partial charge is 0.423 e. The van der Waals surface area contributed by atoms with Gasteiger partial charge >= 0.3 is 5.63 Å². The first kappa shape index (κ1) is 19.6. The summed E-state index contributed by atoms with van der Waals surface area (Å²) in [5.74, 6) is 0.345. The lowest BCUT2D eigenvalue weighted by molar-refractivity contribution is -0.119. The van der Waals surface area contributed by atoms with Crippen LogP contribution in [0.4, 0.5) is 4.39 Å². The van der Waals surface area contributed by atoms with Crippen molar-refractivity contribution in [3.63, 3.8) is 0 Å². The van der Waals surface area contributed by atoms with Gasteiger partial charge in [0, 0.05) is 21.7 Å². The van der Waals surface area contributed by atoms with Crippen LogP contribution in [-0.4, -0.2) is 11.7 Å². The van der Waals surface area contributed by atoms with E-state index in [1.54, 1.807) is 18.2 Å². The molecule has 140 valence electrons. The second-order valence-electron chi connectivity index (χ2n) is 6.06. The van der Waals surface area contributed by atoms with Gasteiger partial charge < -0.3 is 9.73 Å². The minimum absolute atomic E-state index is 0.119. The highest BCUT2D eigenvalue weighted by atomic mass is 79.9. The highest BCUT2D eigenvalue weighted by Gasteiger charge is 2.11. The number of rotatable bonds is 6. The second kappa shape index (κ2) is 8.71. The molecular weight excluding hydrogens is 433 g/mol. The number of fused-ring (bicyclic) bond motifs is 1. The second-order valence-corrected chi connectivity index (χ2v) is 7.97. The average Bonchev–Trinajstić information content (AvgIpc) is 2.61. The Labute approximate surface area is 168 Å². The topological polar surface area (TPSA) is 59.3 Å². The number of carbonyl (C=O) groups is 1. The lowest BCUT2D eigenvalue weighted by atomic mass is 10.1. The quantitative estimate of drug-likeness (QED) is 0.548. The highest BCUT2D eigenvalue weighted by molar-refractivity contribution is 9.10. The monoisotopic (exact) mass is 449 g/mol. The summed E-state index contributed by atoms with van der Waals surface area (Å²) < 4.78 is 19.0. The first-order chi connectivity index (χ1) is 12.9. The molecule has 1 amide bonds. The molecular formula is C20H17BrFNO3S. The molecule has 1 N–H and O–H groups in total. The van der Waals surface area contributed by atoms with E-state index in [2.05, 4.69) is 21.2 Å². The van der Waals surface area contributed by atoms with E-state index in [1.165, 1.54) is 30.0 Å². The van der Waals surface area contributed by atoms with Crippen LogP contribution in [0, 0.1) is 5.82 Å². The van der Waals surface area contributed by atoms with Crippen molar-refractivity contribution < 1.29 is 13.6 Å². The molecule has 1 heterocycles.